The molecule has 1 heterocycles. The zero-order valence-corrected chi connectivity index (χ0v) is 28.9. The van der Waals surface area contributed by atoms with Crippen molar-refractivity contribution in [3.63, 3.8) is 0 Å². The second-order valence-electron chi connectivity index (χ2n) is 15.0. The fourth-order valence-corrected chi connectivity index (χ4v) is 9.08. The van der Waals surface area contributed by atoms with Gasteiger partial charge in [0.25, 0.3) is 0 Å². The fraction of sp³-hybridized carbons (Fsp3) is 0.125. The Morgan fingerprint density at radius 2 is 0.900 bits per heavy atom. The number of hydrogen-bond acceptors (Lipinski definition) is 1. The highest BCUT2D eigenvalue weighted by Gasteiger charge is 2.37. The fourth-order valence-electron chi connectivity index (χ4n) is 9.08. The minimum atomic E-state index is -0.0990. The summed E-state index contributed by atoms with van der Waals surface area (Å²) in [6, 6.07) is 58.6. The summed E-state index contributed by atoms with van der Waals surface area (Å²) >= 11 is 0. The predicted octanol–water partition coefficient (Wildman–Crippen LogP) is 12.9. The van der Waals surface area contributed by atoms with Gasteiger partial charge in [0, 0.05) is 44.4 Å². The van der Waals surface area contributed by atoms with Crippen molar-refractivity contribution >= 4 is 38.9 Å². The summed E-state index contributed by atoms with van der Waals surface area (Å²) in [7, 11) is 0. The highest BCUT2D eigenvalue weighted by molar-refractivity contribution is 6.10. The minimum absolute atomic E-state index is 0.0474. The molecule has 2 aliphatic rings. The molecule has 0 N–H and O–H groups in total. The molecular formula is C48H38N2. The molecule has 240 valence electrons. The maximum absolute atomic E-state index is 2.47. The number of benzene rings is 7. The maximum atomic E-state index is 2.47. The van der Waals surface area contributed by atoms with Gasteiger partial charge in [0.1, 0.15) is 0 Å². The third-order valence-corrected chi connectivity index (χ3v) is 11.6. The molecule has 0 saturated carbocycles. The van der Waals surface area contributed by atoms with E-state index >= 15 is 0 Å². The average molecular weight is 643 g/mol. The van der Waals surface area contributed by atoms with Crippen LogP contribution in [0, 0.1) is 0 Å². The Balaban J connectivity index is 1.23. The molecule has 7 aromatic carbocycles. The van der Waals surface area contributed by atoms with Crippen molar-refractivity contribution in [3.8, 4) is 27.9 Å². The van der Waals surface area contributed by atoms with Crippen LogP contribution in [0.4, 0.5) is 17.1 Å². The smallest absolute Gasteiger partial charge is 0.0561 e. The molecule has 50 heavy (non-hydrogen) atoms. The second-order valence-corrected chi connectivity index (χ2v) is 15.0. The van der Waals surface area contributed by atoms with Crippen LogP contribution in [0.25, 0.3) is 49.7 Å². The number of rotatable bonds is 4. The van der Waals surface area contributed by atoms with Gasteiger partial charge in [0.2, 0.25) is 0 Å². The third-order valence-electron chi connectivity index (χ3n) is 11.6. The summed E-state index contributed by atoms with van der Waals surface area (Å²) in [5.41, 5.74) is 17.7. The molecule has 0 amide bonds. The summed E-state index contributed by atoms with van der Waals surface area (Å²) < 4.78 is 2.41. The number of aromatic nitrogens is 1. The van der Waals surface area contributed by atoms with E-state index in [1.54, 1.807) is 0 Å². The van der Waals surface area contributed by atoms with Gasteiger partial charge in [-0.1, -0.05) is 131 Å². The second kappa shape index (κ2) is 10.3. The maximum Gasteiger partial charge on any atom is 0.0561 e. The lowest BCUT2D eigenvalue weighted by atomic mass is 9.82. The summed E-state index contributed by atoms with van der Waals surface area (Å²) in [5, 5.41) is 2.51. The van der Waals surface area contributed by atoms with Crippen molar-refractivity contribution in [2.75, 3.05) is 4.90 Å². The monoisotopic (exact) mass is 642 g/mol. The molecule has 0 unspecified atom stereocenters. The van der Waals surface area contributed by atoms with Crippen LogP contribution in [0.3, 0.4) is 0 Å². The zero-order valence-electron chi connectivity index (χ0n) is 28.9. The van der Waals surface area contributed by atoms with Crippen molar-refractivity contribution in [2.24, 2.45) is 0 Å². The van der Waals surface area contributed by atoms with Crippen LogP contribution in [-0.4, -0.2) is 4.57 Å². The van der Waals surface area contributed by atoms with Crippen LogP contribution in [-0.2, 0) is 10.8 Å². The van der Waals surface area contributed by atoms with Crippen LogP contribution < -0.4 is 4.90 Å². The molecule has 2 nitrogen and oxygen atoms in total. The Morgan fingerprint density at radius 3 is 1.68 bits per heavy atom. The Bertz CT molecular complexity index is 2650. The van der Waals surface area contributed by atoms with Crippen molar-refractivity contribution in [1.82, 2.24) is 4.57 Å². The van der Waals surface area contributed by atoms with Crippen molar-refractivity contribution in [3.05, 3.63) is 180 Å². The first-order valence-electron chi connectivity index (χ1n) is 17.7. The first-order valence-corrected chi connectivity index (χ1v) is 17.7. The van der Waals surface area contributed by atoms with E-state index < -0.39 is 0 Å². The van der Waals surface area contributed by atoms with Gasteiger partial charge in [-0.15, -0.1) is 0 Å². The molecule has 8 aromatic rings. The Morgan fingerprint density at radius 1 is 0.380 bits per heavy atom. The first-order chi connectivity index (χ1) is 24.3. The van der Waals surface area contributed by atoms with Gasteiger partial charge >= 0.3 is 0 Å². The molecule has 2 heteroatoms. The minimum Gasteiger partial charge on any atom is -0.310 e. The predicted molar refractivity (Wildman–Crippen MR) is 211 cm³/mol. The quantitative estimate of drug-likeness (QED) is 0.185. The molecule has 2 aliphatic carbocycles. The van der Waals surface area contributed by atoms with E-state index in [-0.39, 0.29) is 10.8 Å². The van der Waals surface area contributed by atoms with E-state index in [1.165, 1.54) is 66.3 Å². The molecular weight excluding hydrogens is 605 g/mol. The average Bonchev–Trinajstić information content (AvgIpc) is 3.69. The van der Waals surface area contributed by atoms with E-state index in [2.05, 4.69) is 195 Å². The standard InChI is InChI=1S/C48H38N2/c1-47(2)42-20-12-9-17-36(42)40-28-32(24-27-43(40)47)49(33-22-25-37-35-16-8-11-19-41(35)48(3,4)44(37)29-33)34-23-26-39-38-18-10-13-21-45(38)50(46(39)30-34)31-14-6-5-7-15-31/h5-30H,1-4H3. The lowest BCUT2D eigenvalue weighted by Gasteiger charge is -2.29. The summed E-state index contributed by atoms with van der Waals surface area (Å²) in [6.07, 6.45) is 0. The van der Waals surface area contributed by atoms with E-state index in [9.17, 15) is 0 Å². The highest BCUT2D eigenvalue weighted by Crippen LogP contribution is 2.53. The van der Waals surface area contributed by atoms with Crippen LogP contribution in [0.15, 0.2) is 158 Å². The van der Waals surface area contributed by atoms with Crippen LogP contribution >= 0.6 is 0 Å². The normalized spacial score (nSPS) is 14.7. The van der Waals surface area contributed by atoms with E-state index in [4.69, 9.17) is 0 Å². The van der Waals surface area contributed by atoms with Crippen LogP contribution in [0.5, 0.6) is 0 Å². The Hall–Kier alpha value is -5.86. The lowest BCUT2D eigenvalue weighted by Crippen LogP contribution is -2.17. The highest BCUT2D eigenvalue weighted by atomic mass is 15.1. The number of nitrogens with zero attached hydrogens (tertiary/aromatic N) is 2. The zero-order chi connectivity index (χ0) is 33.8. The lowest BCUT2D eigenvalue weighted by molar-refractivity contribution is 0.660. The van der Waals surface area contributed by atoms with Crippen molar-refractivity contribution < 1.29 is 0 Å². The molecule has 10 rings (SSSR count). The molecule has 0 saturated heterocycles. The molecule has 1 aromatic heterocycles. The molecule has 0 bridgehead atoms. The third kappa shape index (κ3) is 3.96. The van der Waals surface area contributed by atoms with Crippen molar-refractivity contribution in [1.29, 1.82) is 0 Å². The van der Waals surface area contributed by atoms with E-state index in [1.807, 2.05) is 0 Å². The summed E-state index contributed by atoms with van der Waals surface area (Å²) in [6.45, 7) is 9.44. The van der Waals surface area contributed by atoms with E-state index in [0.29, 0.717) is 0 Å². The number of para-hydroxylation sites is 2. The number of hydrogen-bond donors (Lipinski definition) is 0. The summed E-state index contributed by atoms with van der Waals surface area (Å²) in [5.74, 6) is 0. The SMILES string of the molecule is CC1(C)c2ccccc2-c2cc(N(c3ccc4c(c3)C(C)(C)c3ccccc3-4)c3ccc4c5ccccc5n(-c5ccccc5)c4c3)ccc21. The number of anilines is 3. The van der Waals surface area contributed by atoms with Gasteiger partial charge in [-0.05, 0) is 99.1 Å². The van der Waals surface area contributed by atoms with Crippen LogP contribution in [0.2, 0.25) is 0 Å². The van der Waals surface area contributed by atoms with Gasteiger partial charge in [-0.3, -0.25) is 0 Å². The van der Waals surface area contributed by atoms with Gasteiger partial charge in [-0.2, -0.15) is 0 Å². The molecule has 0 atom stereocenters. The molecule has 0 spiro atoms. The van der Waals surface area contributed by atoms with Crippen LogP contribution in [0.1, 0.15) is 49.9 Å². The summed E-state index contributed by atoms with van der Waals surface area (Å²) in [4.78, 5) is 2.47. The first kappa shape index (κ1) is 29.1. The van der Waals surface area contributed by atoms with Crippen molar-refractivity contribution in [2.45, 2.75) is 38.5 Å². The Kier molecular flexibility index (Phi) is 6.01. The topological polar surface area (TPSA) is 8.17 Å². The van der Waals surface area contributed by atoms with E-state index in [0.717, 1.165) is 22.7 Å². The van der Waals surface area contributed by atoms with Gasteiger partial charge in [-0.25, -0.2) is 0 Å². The largest absolute Gasteiger partial charge is 0.310 e. The van der Waals surface area contributed by atoms with Gasteiger partial charge in [0.05, 0.1) is 11.0 Å². The molecule has 0 aliphatic heterocycles. The number of fused-ring (bicyclic) bond motifs is 9. The van der Waals surface area contributed by atoms with Gasteiger partial charge < -0.3 is 9.47 Å². The molecule has 0 fully saturated rings. The molecule has 0 radical (unpaired) electrons. The Labute approximate surface area is 293 Å². The van der Waals surface area contributed by atoms with Gasteiger partial charge in [0.15, 0.2) is 0 Å².